The molecule has 1 N–H and O–H groups in total. The molecule has 31 heavy (non-hydrogen) atoms. The molecule has 7 heteroatoms. The van der Waals surface area contributed by atoms with Gasteiger partial charge >= 0.3 is 0 Å². The minimum Gasteiger partial charge on any atom is -0.495 e. The van der Waals surface area contributed by atoms with Crippen LogP contribution >= 0.6 is 0 Å². The summed E-state index contributed by atoms with van der Waals surface area (Å²) in [4.78, 5) is 12.9. The first-order chi connectivity index (χ1) is 14.9. The smallest absolute Gasteiger partial charge is 0.268 e. The van der Waals surface area contributed by atoms with E-state index in [4.69, 9.17) is 4.74 Å². The summed E-state index contributed by atoms with van der Waals surface area (Å²) in [6, 6.07) is 21.0. The molecule has 0 aromatic heterocycles. The number of aryl methyl sites for hydroxylation is 2. The Bertz CT molecular complexity index is 1160. The molecule has 0 heterocycles. The quantitative estimate of drug-likeness (QED) is 0.566. The Morgan fingerprint density at radius 1 is 1.00 bits per heavy atom. The summed E-state index contributed by atoms with van der Waals surface area (Å²) in [7, 11) is -2.65. The van der Waals surface area contributed by atoms with Crippen molar-refractivity contribution in [3.8, 4) is 5.75 Å². The molecule has 0 saturated carbocycles. The zero-order chi connectivity index (χ0) is 22.4. The molecule has 3 aromatic rings. The summed E-state index contributed by atoms with van der Waals surface area (Å²) in [5.41, 5.74) is 2.82. The number of ether oxygens (including phenoxy) is 1. The number of hydrogen-bond donors (Lipinski definition) is 1. The number of anilines is 2. The molecular weight excluding hydrogens is 412 g/mol. The zero-order valence-electron chi connectivity index (χ0n) is 17.8. The molecular formula is C24H26N2O4S. The number of carbonyl (C=O) groups is 1. The second-order valence-corrected chi connectivity index (χ2v) is 8.89. The fraction of sp³-hybridized carbons (Fsp3) is 0.208. The van der Waals surface area contributed by atoms with Crippen LogP contribution < -0.4 is 14.4 Å². The lowest BCUT2D eigenvalue weighted by molar-refractivity contribution is -0.114. The van der Waals surface area contributed by atoms with E-state index in [1.54, 1.807) is 55.5 Å². The van der Waals surface area contributed by atoms with E-state index in [0.29, 0.717) is 11.4 Å². The van der Waals surface area contributed by atoms with E-state index in [0.717, 1.165) is 21.9 Å². The monoisotopic (exact) mass is 438 g/mol. The van der Waals surface area contributed by atoms with Crippen LogP contribution in [0.25, 0.3) is 0 Å². The topological polar surface area (TPSA) is 75.7 Å². The van der Waals surface area contributed by atoms with Crippen LogP contribution in [0.4, 0.5) is 11.4 Å². The van der Waals surface area contributed by atoms with Gasteiger partial charge in [0.15, 0.2) is 0 Å². The highest BCUT2D eigenvalue weighted by Crippen LogP contribution is 2.31. The van der Waals surface area contributed by atoms with E-state index < -0.39 is 15.9 Å². The molecule has 0 spiro atoms. The number of nitrogens with one attached hydrogen (secondary N) is 1. The van der Waals surface area contributed by atoms with Gasteiger partial charge in [-0.2, -0.15) is 0 Å². The number of sulfonamides is 1. The summed E-state index contributed by atoms with van der Waals surface area (Å²) in [6.45, 7) is 3.43. The molecule has 1 amide bonds. The molecule has 162 valence electrons. The van der Waals surface area contributed by atoms with Crippen LogP contribution in [0.5, 0.6) is 5.75 Å². The van der Waals surface area contributed by atoms with Crippen molar-refractivity contribution in [3.05, 3.63) is 83.9 Å². The number of hydrogen-bond acceptors (Lipinski definition) is 4. The Kier molecular flexibility index (Phi) is 6.97. The summed E-state index contributed by atoms with van der Waals surface area (Å²) >= 11 is 0. The van der Waals surface area contributed by atoms with Crippen molar-refractivity contribution < 1.29 is 17.9 Å². The highest BCUT2D eigenvalue weighted by atomic mass is 32.2. The van der Waals surface area contributed by atoms with Gasteiger partial charge < -0.3 is 10.1 Å². The van der Waals surface area contributed by atoms with Gasteiger partial charge in [0.05, 0.1) is 12.8 Å². The molecule has 6 nitrogen and oxygen atoms in total. The number of methoxy groups -OCH3 is 1. The van der Waals surface area contributed by atoms with Gasteiger partial charge in [0.1, 0.15) is 17.2 Å². The van der Waals surface area contributed by atoms with E-state index in [-0.39, 0.29) is 17.2 Å². The van der Waals surface area contributed by atoms with Gasteiger partial charge in [-0.15, -0.1) is 0 Å². The van der Waals surface area contributed by atoms with Gasteiger partial charge in [-0.05, 0) is 54.8 Å². The van der Waals surface area contributed by atoms with E-state index in [1.807, 2.05) is 31.2 Å². The molecule has 0 aliphatic carbocycles. The number of amides is 1. The minimum absolute atomic E-state index is 0.0145. The predicted octanol–water partition coefficient (Wildman–Crippen LogP) is 4.40. The molecule has 0 fully saturated rings. The molecule has 0 aliphatic heterocycles. The molecule has 3 aromatic carbocycles. The number of para-hydroxylation sites is 2. The van der Waals surface area contributed by atoms with Crippen molar-refractivity contribution in [2.75, 3.05) is 23.3 Å². The van der Waals surface area contributed by atoms with Crippen molar-refractivity contribution in [2.45, 2.75) is 25.2 Å². The number of rotatable bonds is 8. The number of carbonyl (C=O) groups excluding carboxylic acids is 1. The van der Waals surface area contributed by atoms with Gasteiger partial charge in [-0.3, -0.25) is 9.10 Å². The molecule has 0 radical (unpaired) electrons. The van der Waals surface area contributed by atoms with Crippen molar-refractivity contribution >= 4 is 27.3 Å². The summed E-state index contributed by atoms with van der Waals surface area (Å²) in [5.74, 6) is -0.205. The first-order valence-electron chi connectivity index (χ1n) is 9.97. The third-order valence-electron chi connectivity index (χ3n) is 4.89. The van der Waals surface area contributed by atoms with Crippen molar-refractivity contribution in [1.29, 1.82) is 0 Å². The fourth-order valence-electron chi connectivity index (χ4n) is 3.28. The molecule has 0 unspecified atom stereocenters. The predicted molar refractivity (Wildman–Crippen MR) is 123 cm³/mol. The second-order valence-electron chi connectivity index (χ2n) is 7.06. The van der Waals surface area contributed by atoms with E-state index in [9.17, 15) is 13.2 Å². The zero-order valence-corrected chi connectivity index (χ0v) is 18.6. The molecule has 0 bridgehead atoms. The Balaban J connectivity index is 2.00. The second kappa shape index (κ2) is 9.66. The lowest BCUT2D eigenvalue weighted by atomic mass is 10.1. The molecule has 3 rings (SSSR count). The van der Waals surface area contributed by atoms with Crippen molar-refractivity contribution in [3.63, 3.8) is 0 Å². The lowest BCUT2D eigenvalue weighted by Crippen LogP contribution is -2.38. The van der Waals surface area contributed by atoms with E-state index in [2.05, 4.69) is 5.32 Å². The Morgan fingerprint density at radius 3 is 2.35 bits per heavy atom. The SMILES string of the molecule is CCc1ccccc1NC(=O)CN(c1ccccc1)S(=O)(=O)c1cc(C)ccc1OC. The number of benzene rings is 3. The standard InChI is InChI=1S/C24H26N2O4S/c1-4-19-10-8-9-13-21(19)25-24(27)17-26(20-11-6-5-7-12-20)31(28,29)23-16-18(2)14-15-22(23)30-3/h5-16H,4,17H2,1-3H3,(H,25,27). The highest BCUT2D eigenvalue weighted by Gasteiger charge is 2.30. The van der Waals surface area contributed by atoms with E-state index in [1.165, 1.54) is 7.11 Å². The maximum atomic E-state index is 13.6. The van der Waals surface area contributed by atoms with Gasteiger partial charge in [0, 0.05) is 5.69 Å². The largest absolute Gasteiger partial charge is 0.495 e. The van der Waals surface area contributed by atoms with Crippen LogP contribution in [0, 0.1) is 6.92 Å². The summed E-state index contributed by atoms with van der Waals surface area (Å²) in [5, 5.41) is 2.85. The minimum atomic E-state index is -4.07. The molecule has 0 saturated heterocycles. The van der Waals surface area contributed by atoms with Crippen LogP contribution in [-0.2, 0) is 21.2 Å². The van der Waals surface area contributed by atoms with Gasteiger partial charge in [0.2, 0.25) is 5.91 Å². The van der Waals surface area contributed by atoms with Crippen LogP contribution in [0.2, 0.25) is 0 Å². The van der Waals surface area contributed by atoms with Crippen LogP contribution in [-0.4, -0.2) is 28.0 Å². The van der Waals surface area contributed by atoms with Crippen LogP contribution in [0.1, 0.15) is 18.1 Å². The average molecular weight is 439 g/mol. The molecule has 0 atom stereocenters. The first-order valence-corrected chi connectivity index (χ1v) is 11.4. The number of nitrogens with zero attached hydrogens (tertiary/aromatic N) is 1. The Hall–Kier alpha value is -3.32. The Morgan fingerprint density at radius 2 is 1.68 bits per heavy atom. The molecule has 0 aliphatic rings. The Labute approximate surface area is 183 Å². The van der Waals surface area contributed by atoms with Crippen LogP contribution in [0.3, 0.4) is 0 Å². The van der Waals surface area contributed by atoms with Gasteiger partial charge in [0.25, 0.3) is 10.0 Å². The fourth-order valence-corrected chi connectivity index (χ4v) is 4.95. The third kappa shape index (κ3) is 5.06. The summed E-state index contributed by atoms with van der Waals surface area (Å²) < 4.78 is 33.7. The first kappa shape index (κ1) is 22.4. The van der Waals surface area contributed by atoms with Crippen molar-refractivity contribution in [1.82, 2.24) is 0 Å². The average Bonchev–Trinajstić information content (AvgIpc) is 2.78. The maximum Gasteiger partial charge on any atom is 0.268 e. The van der Waals surface area contributed by atoms with E-state index >= 15 is 0 Å². The van der Waals surface area contributed by atoms with Crippen LogP contribution in [0.15, 0.2) is 77.7 Å². The van der Waals surface area contributed by atoms with Crippen molar-refractivity contribution in [2.24, 2.45) is 0 Å². The normalized spacial score (nSPS) is 11.1. The maximum absolute atomic E-state index is 13.6. The highest BCUT2D eigenvalue weighted by molar-refractivity contribution is 7.93. The summed E-state index contributed by atoms with van der Waals surface area (Å²) in [6.07, 6.45) is 0.748. The van der Waals surface area contributed by atoms with Gasteiger partial charge in [-0.25, -0.2) is 8.42 Å². The van der Waals surface area contributed by atoms with Gasteiger partial charge in [-0.1, -0.05) is 49.4 Å². The third-order valence-corrected chi connectivity index (χ3v) is 6.69. The lowest BCUT2D eigenvalue weighted by Gasteiger charge is -2.25.